The maximum absolute atomic E-state index is 12.2. The zero-order valence-corrected chi connectivity index (χ0v) is 27.6. The third kappa shape index (κ3) is 14.5. The van der Waals surface area contributed by atoms with Gasteiger partial charge in [-0.15, -0.1) is 0 Å². The first kappa shape index (κ1) is 36.7. The molecule has 2 aromatic carbocycles. The van der Waals surface area contributed by atoms with Crippen LogP contribution in [0.25, 0.3) is 12.2 Å². The summed E-state index contributed by atoms with van der Waals surface area (Å²) in [6.45, 7) is 7.10. The van der Waals surface area contributed by atoms with Gasteiger partial charge < -0.3 is 33.2 Å². The monoisotopic (exact) mass is 650 g/mol. The molecule has 0 heterocycles. The van der Waals surface area contributed by atoms with Crippen molar-refractivity contribution in [2.24, 2.45) is 5.92 Å². The van der Waals surface area contributed by atoms with Gasteiger partial charge in [0, 0.05) is 24.1 Å². The molecule has 0 atom stereocenters. The first-order valence-corrected chi connectivity index (χ1v) is 15.9. The molecule has 1 saturated carbocycles. The summed E-state index contributed by atoms with van der Waals surface area (Å²) in [6.07, 6.45) is 12.4. The summed E-state index contributed by atoms with van der Waals surface area (Å²) in [6, 6.07) is 10.8. The summed E-state index contributed by atoms with van der Waals surface area (Å²) >= 11 is 0. The van der Waals surface area contributed by atoms with E-state index in [1.165, 1.54) is 12.2 Å². The average Bonchev–Trinajstić information content (AvgIpc) is 3.91. The van der Waals surface area contributed by atoms with Crippen molar-refractivity contribution >= 4 is 30.1 Å². The Bertz CT molecular complexity index is 1390. The van der Waals surface area contributed by atoms with Crippen molar-refractivity contribution in [2.45, 2.75) is 51.9 Å². The number of rotatable bonds is 22. The van der Waals surface area contributed by atoms with E-state index in [9.17, 15) is 14.4 Å². The minimum absolute atomic E-state index is 0.186. The van der Waals surface area contributed by atoms with Gasteiger partial charge in [0.25, 0.3) is 0 Å². The number of benzene rings is 2. The molecule has 10 nitrogen and oxygen atoms in total. The number of hydrogen-bond donors (Lipinski definition) is 0. The molecule has 0 aliphatic heterocycles. The van der Waals surface area contributed by atoms with Crippen LogP contribution in [0.3, 0.4) is 0 Å². The summed E-state index contributed by atoms with van der Waals surface area (Å²) in [5, 5.41) is 0. The quantitative estimate of drug-likeness (QED) is 0.0586. The third-order valence-electron chi connectivity index (χ3n) is 7.03. The first-order chi connectivity index (χ1) is 22.8. The topological polar surface area (TPSA) is 116 Å². The van der Waals surface area contributed by atoms with Crippen LogP contribution in [0.2, 0.25) is 0 Å². The number of unbranched alkanes of at least 4 members (excludes halogenated alkanes) is 3. The molecule has 0 saturated heterocycles. The molecule has 0 aromatic heterocycles. The van der Waals surface area contributed by atoms with Crippen LogP contribution in [0.15, 0.2) is 60.7 Å². The zero-order chi connectivity index (χ0) is 33.9. The minimum Gasteiger partial charge on any atom is -0.493 e. The predicted octanol–water partition coefficient (Wildman–Crippen LogP) is 6.75. The zero-order valence-electron chi connectivity index (χ0n) is 27.6. The van der Waals surface area contributed by atoms with E-state index in [-0.39, 0.29) is 18.5 Å². The lowest BCUT2D eigenvalue weighted by Gasteiger charge is -2.11. The van der Waals surface area contributed by atoms with Gasteiger partial charge in [0.2, 0.25) is 0 Å². The number of hydrogen-bond acceptors (Lipinski definition) is 10. The van der Waals surface area contributed by atoms with E-state index in [0.717, 1.165) is 49.7 Å². The minimum atomic E-state index is -0.469. The molecular weight excluding hydrogens is 604 g/mol. The van der Waals surface area contributed by atoms with Gasteiger partial charge in [-0.05, 0) is 98.9 Å². The lowest BCUT2D eigenvalue weighted by Crippen LogP contribution is -2.07. The Balaban J connectivity index is 1.32. The van der Waals surface area contributed by atoms with Crippen molar-refractivity contribution in [2.75, 3.05) is 47.3 Å². The van der Waals surface area contributed by atoms with Crippen LogP contribution in [0.1, 0.15) is 63.0 Å². The van der Waals surface area contributed by atoms with Gasteiger partial charge in [0.15, 0.2) is 23.0 Å². The summed E-state index contributed by atoms with van der Waals surface area (Å²) in [5.41, 5.74) is 1.95. The van der Waals surface area contributed by atoms with Gasteiger partial charge in [0.1, 0.15) is 0 Å². The summed E-state index contributed by atoms with van der Waals surface area (Å²) in [7, 11) is 3.11. The summed E-state index contributed by atoms with van der Waals surface area (Å²) in [4.78, 5) is 35.4. The Morgan fingerprint density at radius 1 is 0.681 bits per heavy atom. The average molecular weight is 651 g/mol. The fourth-order valence-electron chi connectivity index (χ4n) is 4.17. The molecule has 0 N–H and O–H groups in total. The van der Waals surface area contributed by atoms with E-state index in [0.29, 0.717) is 67.3 Å². The molecule has 0 amide bonds. The molecular formula is C37H46O10. The molecule has 254 valence electrons. The Morgan fingerprint density at radius 2 is 1.19 bits per heavy atom. The van der Waals surface area contributed by atoms with E-state index in [4.69, 9.17) is 33.2 Å². The maximum Gasteiger partial charge on any atom is 0.333 e. The van der Waals surface area contributed by atoms with Crippen molar-refractivity contribution < 1.29 is 47.5 Å². The SMILES string of the molecule is C=C(C)C(=O)OCCCCCCOc1ccc(C=CC(=O)OCCCOc2ccc(C=CC(=O)OCC3CC3)cc2OC)cc1OC. The lowest BCUT2D eigenvalue weighted by molar-refractivity contribution is -0.139. The van der Waals surface area contributed by atoms with Crippen molar-refractivity contribution in [3.8, 4) is 23.0 Å². The van der Waals surface area contributed by atoms with Gasteiger partial charge in [-0.3, -0.25) is 0 Å². The van der Waals surface area contributed by atoms with E-state index >= 15 is 0 Å². The van der Waals surface area contributed by atoms with Gasteiger partial charge in [0.05, 0.1) is 47.3 Å². The van der Waals surface area contributed by atoms with Crippen LogP contribution >= 0.6 is 0 Å². The van der Waals surface area contributed by atoms with Crippen molar-refractivity contribution in [3.63, 3.8) is 0 Å². The van der Waals surface area contributed by atoms with E-state index in [1.807, 2.05) is 12.1 Å². The highest BCUT2D eigenvalue weighted by molar-refractivity contribution is 5.88. The Morgan fingerprint density at radius 3 is 1.72 bits per heavy atom. The summed E-state index contributed by atoms with van der Waals surface area (Å²) < 4.78 is 38.2. The molecule has 2 aromatic rings. The summed E-state index contributed by atoms with van der Waals surface area (Å²) in [5.74, 6) is 1.60. The van der Waals surface area contributed by atoms with Gasteiger partial charge in [-0.2, -0.15) is 0 Å². The van der Waals surface area contributed by atoms with E-state index < -0.39 is 5.97 Å². The largest absolute Gasteiger partial charge is 0.493 e. The number of carbonyl (C=O) groups is 3. The van der Waals surface area contributed by atoms with Gasteiger partial charge >= 0.3 is 17.9 Å². The smallest absolute Gasteiger partial charge is 0.333 e. The molecule has 0 bridgehead atoms. The van der Waals surface area contributed by atoms with Crippen molar-refractivity contribution in [1.29, 1.82) is 0 Å². The molecule has 0 unspecified atom stereocenters. The number of esters is 3. The number of ether oxygens (including phenoxy) is 7. The molecule has 10 heteroatoms. The highest BCUT2D eigenvalue weighted by Gasteiger charge is 2.22. The van der Waals surface area contributed by atoms with Gasteiger partial charge in [-0.1, -0.05) is 18.7 Å². The predicted molar refractivity (Wildman–Crippen MR) is 179 cm³/mol. The Hall–Kier alpha value is -4.73. The second-order valence-electron chi connectivity index (χ2n) is 11.1. The highest BCUT2D eigenvalue weighted by Crippen LogP contribution is 2.30. The first-order valence-electron chi connectivity index (χ1n) is 15.9. The third-order valence-corrected chi connectivity index (χ3v) is 7.03. The van der Waals surface area contributed by atoms with Crippen LogP contribution in [0.5, 0.6) is 23.0 Å². The van der Waals surface area contributed by atoms with Crippen LogP contribution in [-0.4, -0.2) is 65.2 Å². The standard InChI is InChI=1S/C37H46O10/c1-27(2)37(40)46-21-8-6-5-7-20-43-31-16-12-28(24-33(31)41-3)14-18-35(38)45-23-9-22-44-32-17-13-29(25-34(32)42-4)15-19-36(39)47-26-30-10-11-30/h12-19,24-25,30H,1,5-11,20-23,26H2,2-4H3. The van der Waals surface area contributed by atoms with Crippen LogP contribution in [0.4, 0.5) is 0 Å². The number of carbonyl (C=O) groups excluding carboxylic acids is 3. The van der Waals surface area contributed by atoms with Crippen molar-refractivity contribution in [1.82, 2.24) is 0 Å². The van der Waals surface area contributed by atoms with Gasteiger partial charge in [-0.25, -0.2) is 14.4 Å². The number of methoxy groups -OCH3 is 2. The molecule has 0 radical (unpaired) electrons. The van der Waals surface area contributed by atoms with E-state index in [2.05, 4.69) is 6.58 Å². The van der Waals surface area contributed by atoms with E-state index in [1.54, 1.807) is 57.6 Å². The fraction of sp³-hybridized carbons (Fsp3) is 0.432. The second-order valence-corrected chi connectivity index (χ2v) is 11.1. The molecule has 1 fully saturated rings. The van der Waals surface area contributed by atoms with Crippen LogP contribution in [-0.2, 0) is 28.6 Å². The molecule has 3 rings (SSSR count). The molecule has 47 heavy (non-hydrogen) atoms. The fourth-order valence-corrected chi connectivity index (χ4v) is 4.17. The highest BCUT2D eigenvalue weighted by atomic mass is 16.5. The Kier molecular flexibility index (Phi) is 15.9. The Labute approximate surface area is 277 Å². The van der Waals surface area contributed by atoms with Crippen molar-refractivity contribution in [3.05, 3.63) is 71.8 Å². The molecule has 1 aliphatic rings. The van der Waals surface area contributed by atoms with Crippen LogP contribution < -0.4 is 18.9 Å². The normalized spacial score (nSPS) is 12.5. The molecule has 0 spiro atoms. The lowest BCUT2D eigenvalue weighted by atomic mass is 10.2. The van der Waals surface area contributed by atoms with Crippen LogP contribution in [0, 0.1) is 5.92 Å². The maximum atomic E-state index is 12.2. The molecule has 1 aliphatic carbocycles. The second kappa shape index (κ2) is 20.4.